The van der Waals surface area contributed by atoms with Crippen LogP contribution in [0.1, 0.15) is 26.7 Å². The highest BCUT2D eigenvalue weighted by atomic mass is 16.5. The van der Waals surface area contributed by atoms with Crippen LogP contribution in [-0.2, 0) is 14.3 Å². The summed E-state index contributed by atoms with van der Waals surface area (Å²) in [6.45, 7) is 5.87. The SMILES string of the molecule is COCCNC(=O)CN(CCCC(=O)O)C(C)C. The summed E-state index contributed by atoms with van der Waals surface area (Å²) in [5.74, 6) is -0.862. The number of methoxy groups -OCH3 is 1. The number of carboxylic acids is 1. The second-order valence-corrected chi connectivity index (χ2v) is 4.40. The Hall–Kier alpha value is -1.14. The Morgan fingerprint density at radius 1 is 1.39 bits per heavy atom. The molecule has 0 bridgehead atoms. The number of carbonyl (C=O) groups is 2. The van der Waals surface area contributed by atoms with E-state index in [2.05, 4.69) is 5.32 Å². The van der Waals surface area contributed by atoms with Crippen molar-refractivity contribution in [1.29, 1.82) is 0 Å². The van der Waals surface area contributed by atoms with Gasteiger partial charge in [-0.2, -0.15) is 0 Å². The average molecular weight is 260 g/mol. The second-order valence-electron chi connectivity index (χ2n) is 4.40. The number of nitrogens with zero attached hydrogens (tertiary/aromatic N) is 1. The van der Waals surface area contributed by atoms with Gasteiger partial charge in [-0.05, 0) is 26.8 Å². The highest BCUT2D eigenvalue weighted by Gasteiger charge is 2.13. The van der Waals surface area contributed by atoms with Crippen LogP contribution in [0.2, 0.25) is 0 Å². The standard InChI is InChI=1S/C12H24N2O4/c1-10(2)14(7-4-5-12(16)17)9-11(15)13-6-8-18-3/h10H,4-9H2,1-3H3,(H,13,15)(H,16,17). The first-order chi connectivity index (χ1) is 8.47. The Kier molecular flexibility index (Phi) is 9.22. The highest BCUT2D eigenvalue weighted by molar-refractivity contribution is 5.78. The van der Waals surface area contributed by atoms with E-state index < -0.39 is 5.97 Å². The molecule has 0 heterocycles. The number of rotatable bonds is 10. The first kappa shape index (κ1) is 16.9. The van der Waals surface area contributed by atoms with Crippen molar-refractivity contribution in [2.75, 3.05) is 33.4 Å². The molecule has 0 atom stereocenters. The molecule has 0 aromatic heterocycles. The van der Waals surface area contributed by atoms with Crippen LogP contribution in [0, 0.1) is 0 Å². The fraction of sp³-hybridized carbons (Fsp3) is 0.833. The molecule has 0 saturated carbocycles. The fourth-order valence-corrected chi connectivity index (χ4v) is 1.49. The van der Waals surface area contributed by atoms with E-state index in [1.807, 2.05) is 18.7 Å². The third kappa shape index (κ3) is 8.95. The zero-order chi connectivity index (χ0) is 14.0. The van der Waals surface area contributed by atoms with Crippen LogP contribution in [0.5, 0.6) is 0 Å². The molecule has 0 radical (unpaired) electrons. The third-order valence-corrected chi connectivity index (χ3v) is 2.54. The smallest absolute Gasteiger partial charge is 0.303 e. The van der Waals surface area contributed by atoms with E-state index in [0.717, 1.165) is 0 Å². The average Bonchev–Trinajstić information content (AvgIpc) is 2.27. The van der Waals surface area contributed by atoms with E-state index in [4.69, 9.17) is 9.84 Å². The quantitative estimate of drug-likeness (QED) is 0.553. The van der Waals surface area contributed by atoms with Crippen LogP contribution >= 0.6 is 0 Å². The van der Waals surface area contributed by atoms with Gasteiger partial charge in [0.1, 0.15) is 0 Å². The zero-order valence-electron chi connectivity index (χ0n) is 11.4. The number of aliphatic carboxylic acids is 1. The second kappa shape index (κ2) is 9.85. The molecule has 0 saturated heterocycles. The van der Waals surface area contributed by atoms with Gasteiger partial charge < -0.3 is 15.2 Å². The molecular formula is C12H24N2O4. The van der Waals surface area contributed by atoms with E-state index in [-0.39, 0.29) is 18.4 Å². The largest absolute Gasteiger partial charge is 0.481 e. The number of nitrogens with one attached hydrogen (secondary N) is 1. The van der Waals surface area contributed by atoms with Crippen molar-refractivity contribution in [3.05, 3.63) is 0 Å². The number of hydrogen-bond acceptors (Lipinski definition) is 4. The number of carboxylic acid groups (broad SMARTS) is 1. The van der Waals surface area contributed by atoms with Gasteiger partial charge in [0.2, 0.25) is 5.91 Å². The Labute approximate surface area is 108 Å². The molecule has 1 amide bonds. The molecule has 0 aliphatic heterocycles. The van der Waals surface area contributed by atoms with Crippen molar-refractivity contribution in [2.24, 2.45) is 0 Å². The molecule has 18 heavy (non-hydrogen) atoms. The Balaban J connectivity index is 3.95. The van der Waals surface area contributed by atoms with Crippen molar-refractivity contribution in [1.82, 2.24) is 10.2 Å². The van der Waals surface area contributed by atoms with E-state index in [9.17, 15) is 9.59 Å². The molecule has 0 aliphatic rings. The molecule has 0 rings (SSSR count). The first-order valence-corrected chi connectivity index (χ1v) is 6.18. The van der Waals surface area contributed by atoms with Crippen molar-refractivity contribution in [3.8, 4) is 0 Å². The van der Waals surface area contributed by atoms with Crippen LogP contribution in [0.3, 0.4) is 0 Å². The van der Waals surface area contributed by atoms with Gasteiger partial charge in [0.25, 0.3) is 0 Å². The summed E-state index contributed by atoms with van der Waals surface area (Å²) >= 11 is 0. The molecule has 0 aromatic carbocycles. The molecule has 0 unspecified atom stereocenters. The van der Waals surface area contributed by atoms with E-state index in [1.54, 1.807) is 7.11 Å². The van der Waals surface area contributed by atoms with E-state index in [1.165, 1.54) is 0 Å². The van der Waals surface area contributed by atoms with Crippen molar-refractivity contribution < 1.29 is 19.4 Å². The molecule has 0 aromatic rings. The number of ether oxygens (including phenoxy) is 1. The Morgan fingerprint density at radius 3 is 2.56 bits per heavy atom. The van der Waals surface area contributed by atoms with Crippen LogP contribution in [-0.4, -0.2) is 61.3 Å². The molecule has 0 fully saturated rings. The molecule has 2 N–H and O–H groups in total. The zero-order valence-corrected chi connectivity index (χ0v) is 11.4. The maximum absolute atomic E-state index is 11.6. The third-order valence-electron chi connectivity index (χ3n) is 2.54. The normalized spacial score (nSPS) is 10.9. The van der Waals surface area contributed by atoms with Crippen LogP contribution < -0.4 is 5.32 Å². The number of amides is 1. The highest BCUT2D eigenvalue weighted by Crippen LogP contribution is 2.01. The van der Waals surface area contributed by atoms with Gasteiger partial charge >= 0.3 is 5.97 Å². The Bertz CT molecular complexity index is 256. The van der Waals surface area contributed by atoms with Gasteiger partial charge in [-0.25, -0.2) is 0 Å². The van der Waals surface area contributed by atoms with E-state index in [0.29, 0.717) is 32.7 Å². The summed E-state index contributed by atoms with van der Waals surface area (Å²) in [5, 5.41) is 11.3. The summed E-state index contributed by atoms with van der Waals surface area (Å²) < 4.78 is 4.84. The maximum atomic E-state index is 11.6. The summed E-state index contributed by atoms with van der Waals surface area (Å²) in [5.41, 5.74) is 0. The molecule has 106 valence electrons. The summed E-state index contributed by atoms with van der Waals surface area (Å²) in [6, 6.07) is 0.215. The van der Waals surface area contributed by atoms with Crippen LogP contribution in [0.4, 0.5) is 0 Å². The minimum atomic E-state index is -0.803. The van der Waals surface area contributed by atoms with Gasteiger partial charge in [-0.3, -0.25) is 14.5 Å². The first-order valence-electron chi connectivity index (χ1n) is 6.18. The summed E-state index contributed by atoms with van der Waals surface area (Å²) in [7, 11) is 1.58. The lowest BCUT2D eigenvalue weighted by Gasteiger charge is -2.25. The molecule has 6 nitrogen and oxygen atoms in total. The van der Waals surface area contributed by atoms with Crippen LogP contribution in [0.25, 0.3) is 0 Å². The van der Waals surface area contributed by atoms with Crippen molar-refractivity contribution in [3.63, 3.8) is 0 Å². The van der Waals surface area contributed by atoms with Crippen LogP contribution in [0.15, 0.2) is 0 Å². The van der Waals surface area contributed by atoms with Gasteiger partial charge in [-0.1, -0.05) is 0 Å². The maximum Gasteiger partial charge on any atom is 0.303 e. The lowest BCUT2D eigenvalue weighted by molar-refractivity contribution is -0.137. The molecule has 6 heteroatoms. The van der Waals surface area contributed by atoms with Crippen molar-refractivity contribution >= 4 is 11.9 Å². The van der Waals surface area contributed by atoms with Gasteiger partial charge in [-0.15, -0.1) is 0 Å². The minimum absolute atomic E-state index is 0.0592. The fourth-order valence-electron chi connectivity index (χ4n) is 1.49. The lowest BCUT2D eigenvalue weighted by atomic mass is 10.2. The Morgan fingerprint density at radius 2 is 2.06 bits per heavy atom. The van der Waals surface area contributed by atoms with E-state index >= 15 is 0 Å². The molecule has 0 spiro atoms. The summed E-state index contributed by atoms with van der Waals surface area (Å²) in [6.07, 6.45) is 0.688. The predicted octanol–water partition coefficient (Wildman–Crippen LogP) is 0.324. The topological polar surface area (TPSA) is 78.9 Å². The minimum Gasteiger partial charge on any atom is -0.481 e. The van der Waals surface area contributed by atoms with Gasteiger partial charge in [0.05, 0.1) is 13.2 Å². The number of hydrogen-bond donors (Lipinski definition) is 2. The monoisotopic (exact) mass is 260 g/mol. The lowest BCUT2D eigenvalue weighted by Crippen LogP contribution is -2.42. The van der Waals surface area contributed by atoms with Gasteiger partial charge in [0.15, 0.2) is 0 Å². The molecule has 0 aliphatic carbocycles. The summed E-state index contributed by atoms with van der Waals surface area (Å²) in [4.78, 5) is 24.0. The number of carbonyl (C=O) groups excluding carboxylic acids is 1. The van der Waals surface area contributed by atoms with Gasteiger partial charge in [0, 0.05) is 26.1 Å². The molecular weight excluding hydrogens is 236 g/mol. The predicted molar refractivity (Wildman–Crippen MR) is 68.5 cm³/mol. The van der Waals surface area contributed by atoms with Crippen molar-refractivity contribution in [2.45, 2.75) is 32.7 Å².